The van der Waals surface area contributed by atoms with Crippen LogP contribution in [-0.4, -0.2) is 40.3 Å². The number of carboxylic acid groups (broad SMARTS) is 1. The highest BCUT2D eigenvalue weighted by atomic mass is 32.2. The summed E-state index contributed by atoms with van der Waals surface area (Å²) >= 11 is 1.51. The molecule has 5 nitrogen and oxygen atoms in total. The van der Waals surface area contributed by atoms with Crippen LogP contribution >= 0.6 is 11.8 Å². The summed E-state index contributed by atoms with van der Waals surface area (Å²) in [5.41, 5.74) is 1.43. The lowest BCUT2D eigenvalue weighted by molar-refractivity contribution is -0.143. The lowest BCUT2D eigenvalue weighted by Gasteiger charge is -2.14. The molecule has 0 aliphatic carbocycles. The third kappa shape index (κ3) is 2.94. The number of carboxylic acids is 1. The van der Waals surface area contributed by atoms with Crippen molar-refractivity contribution in [2.24, 2.45) is 0 Å². The van der Waals surface area contributed by atoms with Crippen LogP contribution in [0.2, 0.25) is 0 Å². The molecule has 1 N–H and O–H groups in total. The second-order valence-corrected chi connectivity index (χ2v) is 5.54. The molecule has 1 saturated heterocycles. The first-order valence-corrected chi connectivity index (χ1v) is 7.29. The number of carbonyl (C=O) groups excluding carboxylic acids is 1. The SMILES string of the molecule is CCC(C)OC(=O)C1=C2SCC(=CC(=O)O)N2CC1. The number of thioether (sulfide) groups is 1. The lowest BCUT2D eigenvalue weighted by Crippen LogP contribution is -2.15. The summed E-state index contributed by atoms with van der Waals surface area (Å²) in [6.07, 6.45) is 2.53. The highest BCUT2D eigenvalue weighted by molar-refractivity contribution is 8.03. The smallest absolute Gasteiger partial charge is 0.337 e. The molecule has 0 aromatic rings. The average Bonchev–Trinajstić information content (AvgIpc) is 2.91. The van der Waals surface area contributed by atoms with Crippen LogP contribution in [0.25, 0.3) is 0 Å². The van der Waals surface area contributed by atoms with Gasteiger partial charge in [0.25, 0.3) is 0 Å². The van der Waals surface area contributed by atoms with Gasteiger partial charge in [0.1, 0.15) is 0 Å². The molecule has 2 aliphatic heterocycles. The van der Waals surface area contributed by atoms with E-state index in [0.29, 0.717) is 24.3 Å². The molecule has 0 aromatic heterocycles. The van der Waals surface area contributed by atoms with E-state index in [1.54, 1.807) is 0 Å². The Morgan fingerprint density at radius 3 is 2.95 bits per heavy atom. The molecule has 2 rings (SSSR count). The molecular formula is C13H17NO4S. The van der Waals surface area contributed by atoms with Crippen LogP contribution in [0.4, 0.5) is 0 Å². The minimum absolute atomic E-state index is 0.0879. The average molecular weight is 283 g/mol. The third-order valence-electron chi connectivity index (χ3n) is 3.21. The number of carbonyl (C=O) groups is 2. The van der Waals surface area contributed by atoms with Gasteiger partial charge in [-0.25, -0.2) is 9.59 Å². The molecule has 19 heavy (non-hydrogen) atoms. The molecule has 0 aromatic carbocycles. The van der Waals surface area contributed by atoms with Gasteiger partial charge in [-0.2, -0.15) is 0 Å². The van der Waals surface area contributed by atoms with Crippen molar-refractivity contribution >= 4 is 23.7 Å². The third-order valence-corrected chi connectivity index (χ3v) is 4.39. The van der Waals surface area contributed by atoms with Crippen molar-refractivity contribution in [1.29, 1.82) is 0 Å². The molecule has 1 unspecified atom stereocenters. The number of hydrogen-bond donors (Lipinski definition) is 1. The van der Waals surface area contributed by atoms with Crippen molar-refractivity contribution in [3.05, 3.63) is 22.4 Å². The topological polar surface area (TPSA) is 66.8 Å². The number of fused-ring (bicyclic) bond motifs is 1. The zero-order valence-electron chi connectivity index (χ0n) is 11.0. The van der Waals surface area contributed by atoms with E-state index in [2.05, 4.69) is 0 Å². The fourth-order valence-corrected chi connectivity index (χ4v) is 3.29. The summed E-state index contributed by atoms with van der Waals surface area (Å²) < 4.78 is 5.34. The van der Waals surface area contributed by atoms with Crippen LogP contribution in [-0.2, 0) is 14.3 Å². The molecule has 1 atom stereocenters. The molecule has 0 amide bonds. The van der Waals surface area contributed by atoms with Gasteiger partial charge in [0.15, 0.2) is 0 Å². The summed E-state index contributed by atoms with van der Waals surface area (Å²) in [5.74, 6) is -0.620. The Kier molecular flexibility index (Phi) is 4.19. The van der Waals surface area contributed by atoms with Crippen LogP contribution in [0.15, 0.2) is 22.4 Å². The fourth-order valence-electron chi connectivity index (χ4n) is 2.04. The van der Waals surface area contributed by atoms with Crippen LogP contribution in [0.1, 0.15) is 26.7 Å². The summed E-state index contributed by atoms with van der Waals surface area (Å²) in [7, 11) is 0. The molecule has 0 radical (unpaired) electrons. The van der Waals surface area contributed by atoms with E-state index in [-0.39, 0.29) is 12.1 Å². The van der Waals surface area contributed by atoms with Crippen LogP contribution in [0, 0.1) is 0 Å². The van der Waals surface area contributed by atoms with Crippen molar-refractivity contribution in [1.82, 2.24) is 4.90 Å². The number of aliphatic carboxylic acids is 1. The van der Waals surface area contributed by atoms with Crippen molar-refractivity contribution in [2.45, 2.75) is 32.8 Å². The summed E-state index contributed by atoms with van der Waals surface area (Å²) in [6, 6.07) is 0. The van der Waals surface area contributed by atoms with E-state index in [9.17, 15) is 9.59 Å². The molecule has 104 valence electrons. The highest BCUT2D eigenvalue weighted by Crippen LogP contribution is 2.42. The Labute approximate surface area is 116 Å². The van der Waals surface area contributed by atoms with Gasteiger partial charge in [0.05, 0.1) is 16.7 Å². The summed E-state index contributed by atoms with van der Waals surface area (Å²) in [5, 5.41) is 9.66. The molecule has 0 bridgehead atoms. The summed E-state index contributed by atoms with van der Waals surface area (Å²) in [4.78, 5) is 24.7. The Bertz CT molecular complexity index is 469. The number of ether oxygens (including phenoxy) is 1. The van der Waals surface area contributed by atoms with Gasteiger partial charge in [-0.05, 0) is 13.3 Å². The van der Waals surface area contributed by atoms with Crippen molar-refractivity contribution in [3.63, 3.8) is 0 Å². The number of rotatable bonds is 4. The second-order valence-electron chi connectivity index (χ2n) is 4.57. The molecule has 6 heteroatoms. The molecular weight excluding hydrogens is 266 g/mol. The minimum Gasteiger partial charge on any atom is -0.478 e. The van der Waals surface area contributed by atoms with E-state index in [4.69, 9.17) is 9.84 Å². The van der Waals surface area contributed by atoms with Crippen LogP contribution in [0.3, 0.4) is 0 Å². The molecule has 2 aliphatic rings. The molecule has 2 heterocycles. The van der Waals surface area contributed by atoms with E-state index >= 15 is 0 Å². The zero-order valence-corrected chi connectivity index (χ0v) is 11.8. The first kappa shape index (κ1) is 14.0. The quantitative estimate of drug-likeness (QED) is 0.628. The largest absolute Gasteiger partial charge is 0.478 e. The van der Waals surface area contributed by atoms with Gasteiger partial charge in [0, 0.05) is 30.5 Å². The van der Waals surface area contributed by atoms with Crippen molar-refractivity contribution < 1.29 is 19.4 Å². The summed E-state index contributed by atoms with van der Waals surface area (Å²) in [6.45, 7) is 4.49. The maximum atomic E-state index is 12.0. The van der Waals surface area contributed by atoms with Crippen molar-refractivity contribution in [3.8, 4) is 0 Å². The van der Waals surface area contributed by atoms with Crippen molar-refractivity contribution in [2.75, 3.05) is 12.3 Å². The number of esters is 1. The first-order chi connectivity index (χ1) is 9.02. The Morgan fingerprint density at radius 2 is 2.32 bits per heavy atom. The fraction of sp³-hybridized carbons (Fsp3) is 0.538. The van der Waals surface area contributed by atoms with Gasteiger partial charge in [-0.3, -0.25) is 0 Å². The van der Waals surface area contributed by atoms with Gasteiger partial charge in [-0.15, -0.1) is 11.8 Å². The predicted molar refractivity (Wildman–Crippen MR) is 72.4 cm³/mol. The maximum absolute atomic E-state index is 12.0. The molecule has 0 saturated carbocycles. The highest BCUT2D eigenvalue weighted by Gasteiger charge is 2.35. The van der Waals surface area contributed by atoms with Gasteiger partial charge >= 0.3 is 11.9 Å². The normalized spacial score (nSPS) is 21.8. The van der Waals surface area contributed by atoms with E-state index in [1.165, 1.54) is 17.8 Å². The van der Waals surface area contributed by atoms with Gasteiger partial charge in [0.2, 0.25) is 0 Å². The predicted octanol–water partition coefficient (Wildman–Crippen LogP) is 1.96. The van der Waals surface area contributed by atoms with Gasteiger partial charge in [-0.1, -0.05) is 6.92 Å². The standard InChI is InChI=1S/C13H17NO4S/c1-3-8(2)18-13(17)10-4-5-14-9(6-11(15)16)7-19-12(10)14/h6,8H,3-5,7H2,1-2H3,(H,15,16). The monoisotopic (exact) mass is 283 g/mol. The van der Waals surface area contributed by atoms with E-state index in [0.717, 1.165) is 17.1 Å². The molecule has 0 spiro atoms. The van der Waals surface area contributed by atoms with E-state index < -0.39 is 5.97 Å². The van der Waals surface area contributed by atoms with Gasteiger partial charge < -0.3 is 14.7 Å². The first-order valence-electron chi connectivity index (χ1n) is 6.31. The second kappa shape index (κ2) is 5.69. The Morgan fingerprint density at radius 1 is 1.58 bits per heavy atom. The minimum atomic E-state index is -0.951. The maximum Gasteiger partial charge on any atom is 0.337 e. The zero-order chi connectivity index (χ0) is 14.0. The molecule has 1 fully saturated rings. The van der Waals surface area contributed by atoms with E-state index in [1.807, 2.05) is 18.7 Å². The lowest BCUT2D eigenvalue weighted by atomic mass is 10.2. The van der Waals surface area contributed by atoms with Crippen LogP contribution in [0.5, 0.6) is 0 Å². The van der Waals surface area contributed by atoms with Crippen LogP contribution < -0.4 is 0 Å². The number of hydrogen-bond acceptors (Lipinski definition) is 5. The Hall–Kier alpha value is -1.43. The Balaban J connectivity index is 2.14. The number of nitrogens with zero attached hydrogens (tertiary/aromatic N) is 1.